The van der Waals surface area contributed by atoms with Crippen LogP contribution in [0.15, 0.2) is 115 Å². The van der Waals surface area contributed by atoms with Crippen LogP contribution in [0.2, 0.25) is 0 Å². The van der Waals surface area contributed by atoms with Crippen LogP contribution < -0.4 is 9.80 Å². The molecule has 0 N–H and O–H groups in total. The fourth-order valence-corrected chi connectivity index (χ4v) is 11.5. The van der Waals surface area contributed by atoms with Crippen LogP contribution >= 0.6 is 0 Å². The van der Waals surface area contributed by atoms with Gasteiger partial charge < -0.3 is 14.5 Å². The van der Waals surface area contributed by atoms with E-state index in [0.29, 0.717) is 5.92 Å². The highest BCUT2D eigenvalue weighted by Crippen LogP contribution is 2.64. The van der Waals surface area contributed by atoms with Gasteiger partial charge in [0, 0.05) is 48.9 Å². The fraction of sp³-hybridized carbons (Fsp3) is 0.451. The Balaban J connectivity index is 1.29. The maximum Gasteiger partial charge on any atom is 0.137 e. The van der Waals surface area contributed by atoms with Crippen molar-refractivity contribution in [3.63, 3.8) is 0 Å². The van der Waals surface area contributed by atoms with E-state index in [1.54, 1.807) is 11.1 Å². The van der Waals surface area contributed by atoms with Crippen molar-refractivity contribution in [1.29, 1.82) is 0 Å². The van der Waals surface area contributed by atoms with Gasteiger partial charge in [0.15, 0.2) is 0 Å². The lowest BCUT2D eigenvalue weighted by Crippen LogP contribution is -2.36. The maximum atomic E-state index is 7.94. The second-order valence-corrected chi connectivity index (χ2v) is 17.5. The Labute approximate surface area is 325 Å². The first-order valence-corrected chi connectivity index (χ1v) is 21.4. The molecular weight excluding hydrogens is 657 g/mol. The molecule has 0 aromatic heterocycles. The summed E-state index contributed by atoms with van der Waals surface area (Å²) in [6, 6.07) is 37.4. The number of allylic oxidation sites excluding steroid dienone is 2. The summed E-state index contributed by atoms with van der Waals surface area (Å²) in [6.07, 6.45) is 13.9. The molecule has 2 fully saturated rings. The highest BCUT2D eigenvalue weighted by molar-refractivity contribution is 5.93. The van der Waals surface area contributed by atoms with Crippen molar-refractivity contribution in [3.8, 4) is 0 Å². The number of nitrogens with zero attached hydrogens (tertiary/aromatic N) is 2. The predicted octanol–water partition coefficient (Wildman–Crippen LogP) is 12.3. The van der Waals surface area contributed by atoms with Crippen molar-refractivity contribution in [1.82, 2.24) is 0 Å². The maximum absolute atomic E-state index is 7.94. The number of piperidine rings is 1. The molecule has 5 aliphatic rings. The van der Waals surface area contributed by atoms with E-state index in [4.69, 9.17) is 4.74 Å². The fourth-order valence-electron chi connectivity index (χ4n) is 11.5. The monoisotopic (exact) mass is 716 g/mol. The summed E-state index contributed by atoms with van der Waals surface area (Å²) in [6.45, 7) is 16.5. The SMILES string of the molecule is CCCN(CC)c1ccc(C2(c3ccccc3)C=CC3C4=C(c5cc(N6CCCCC6)ccc5C(O2)C3C)c2ccccc2C4(C)C2CCC(C)C2)cc1. The molecule has 3 aliphatic carbocycles. The molecule has 280 valence electrons. The summed E-state index contributed by atoms with van der Waals surface area (Å²) in [5.74, 6) is 1.85. The largest absolute Gasteiger partial charge is 0.372 e. The van der Waals surface area contributed by atoms with Gasteiger partial charge in [-0.2, -0.15) is 0 Å². The summed E-state index contributed by atoms with van der Waals surface area (Å²) >= 11 is 0. The lowest BCUT2D eigenvalue weighted by atomic mass is 9.63. The summed E-state index contributed by atoms with van der Waals surface area (Å²) in [7, 11) is 0. The average Bonchev–Trinajstić information content (AvgIpc) is 3.70. The Morgan fingerprint density at radius 1 is 0.796 bits per heavy atom. The first-order chi connectivity index (χ1) is 26.4. The number of hydrogen-bond acceptors (Lipinski definition) is 3. The molecule has 9 rings (SSSR count). The van der Waals surface area contributed by atoms with Crippen LogP contribution in [0.5, 0.6) is 0 Å². The molecule has 1 saturated heterocycles. The number of hydrogen-bond donors (Lipinski definition) is 0. The number of benzene rings is 4. The van der Waals surface area contributed by atoms with Crippen LogP contribution in [-0.2, 0) is 15.8 Å². The standard InChI is InChI=1S/C51H60N2O/c1-6-30-52(7-2)40-24-22-38(23-25-40)51(37-16-10-8-11-17-37)29-28-42-36(4)49(54-51)43-27-26-41(53-31-14-9-15-32-53)34-45(43)47-44-18-12-13-19-46(44)50(5,48(42)47)39-21-20-35(3)33-39/h8,10-13,16-19,22-29,34-36,39,42,49H,6-7,9,14-15,20-21,30-33H2,1-5H3. The minimum Gasteiger partial charge on any atom is -0.372 e. The molecule has 0 amide bonds. The molecule has 4 aromatic rings. The Bertz CT molecular complexity index is 2040. The van der Waals surface area contributed by atoms with E-state index in [-0.39, 0.29) is 23.4 Å². The summed E-state index contributed by atoms with van der Waals surface area (Å²) in [4.78, 5) is 5.12. The Morgan fingerprint density at radius 3 is 2.26 bits per heavy atom. The van der Waals surface area contributed by atoms with E-state index in [9.17, 15) is 0 Å². The van der Waals surface area contributed by atoms with Crippen LogP contribution in [0.25, 0.3) is 5.57 Å². The smallest absolute Gasteiger partial charge is 0.137 e. The van der Waals surface area contributed by atoms with Crippen LogP contribution in [0.4, 0.5) is 11.4 Å². The van der Waals surface area contributed by atoms with Crippen molar-refractivity contribution in [2.24, 2.45) is 23.7 Å². The molecule has 1 saturated carbocycles. The Morgan fingerprint density at radius 2 is 1.54 bits per heavy atom. The van der Waals surface area contributed by atoms with Crippen LogP contribution in [0.1, 0.15) is 119 Å². The van der Waals surface area contributed by atoms with Crippen molar-refractivity contribution >= 4 is 16.9 Å². The Kier molecular flexibility index (Phi) is 9.37. The van der Waals surface area contributed by atoms with E-state index < -0.39 is 5.60 Å². The third-order valence-electron chi connectivity index (χ3n) is 14.4. The molecule has 2 aliphatic heterocycles. The van der Waals surface area contributed by atoms with Gasteiger partial charge in [-0.05, 0) is 138 Å². The normalized spacial score (nSPS) is 30.0. The van der Waals surface area contributed by atoms with Gasteiger partial charge in [-0.25, -0.2) is 0 Å². The summed E-state index contributed by atoms with van der Waals surface area (Å²) < 4.78 is 7.94. The minimum absolute atomic E-state index is 0.0441. The van der Waals surface area contributed by atoms with E-state index in [2.05, 4.69) is 154 Å². The highest BCUT2D eigenvalue weighted by Gasteiger charge is 2.55. The lowest BCUT2D eigenvalue weighted by molar-refractivity contribution is -0.0691. The molecule has 0 radical (unpaired) electrons. The zero-order valence-corrected chi connectivity index (χ0v) is 33.4. The topological polar surface area (TPSA) is 15.7 Å². The quantitative estimate of drug-likeness (QED) is 0.169. The summed E-state index contributed by atoms with van der Waals surface area (Å²) in [5, 5.41) is 0. The molecule has 0 spiro atoms. The van der Waals surface area contributed by atoms with Crippen molar-refractivity contribution < 1.29 is 4.74 Å². The third kappa shape index (κ3) is 5.63. The predicted molar refractivity (Wildman–Crippen MR) is 226 cm³/mol. The third-order valence-corrected chi connectivity index (χ3v) is 14.4. The van der Waals surface area contributed by atoms with Gasteiger partial charge in [0.05, 0.1) is 6.10 Å². The number of fused-ring (bicyclic) bond motifs is 8. The van der Waals surface area contributed by atoms with E-state index in [1.165, 1.54) is 83.3 Å². The van der Waals surface area contributed by atoms with E-state index in [0.717, 1.165) is 38.5 Å². The molecule has 3 nitrogen and oxygen atoms in total. The van der Waals surface area contributed by atoms with Crippen LogP contribution in [0, 0.1) is 23.7 Å². The van der Waals surface area contributed by atoms with E-state index in [1.807, 2.05) is 0 Å². The van der Waals surface area contributed by atoms with Crippen LogP contribution in [0.3, 0.4) is 0 Å². The molecule has 2 heterocycles. The van der Waals surface area contributed by atoms with Gasteiger partial charge in [-0.15, -0.1) is 0 Å². The second kappa shape index (κ2) is 14.2. The lowest BCUT2D eigenvalue weighted by Gasteiger charge is -2.41. The van der Waals surface area contributed by atoms with Gasteiger partial charge in [-0.3, -0.25) is 0 Å². The zero-order chi connectivity index (χ0) is 37.0. The van der Waals surface area contributed by atoms with Gasteiger partial charge in [0.2, 0.25) is 0 Å². The van der Waals surface area contributed by atoms with Gasteiger partial charge >= 0.3 is 0 Å². The van der Waals surface area contributed by atoms with Crippen molar-refractivity contribution in [3.05, 3.63) is 148 Å². The second-order valence-electron chi connectivity index (χ2n) is 17.5. The molecule has 7 atom stereocenters. The summed E-state index contributed by atoms with van der Waals surface area (Å²) in [5.41, 5.74) is 13.2. The molecule has 3 heteroatoms. The van der Waals surface area contributed by atoms with Gasteiger partial charge in [0.1, 0.15) is 5.60 Å². The van der Waals surface area contributed by atoms with Crippen LogP contribution in [-0.4, -0.2) is 26.2 Å². The zero-order valence-electron chi connectivity index (χ0n) is 33.4. The molecular formula is C51H60N2O. The van der Waals surface area contributed by atoms with Gasteiger partial charge in [-0.1, -0.05) is 113 Å². The number of anilines is 2. The highest BCUT2D eigenvalue weighted by atomic mass is 16.5. The van der Waals surface area contributed by atoms with E-state index >= 15 is 0 Å². The first kappa shape index (κ1) is 35.6. The average molecular weight is 717 g/mol. The molecule has 4 aromatic carbocycles. The van der Waals surface area contributed by atoms with Crippen molar-refractivity contribution in [2.75, 3.05) is 36.0 Å². The van der Waals surface area contributed by atoms with Gasteiger partial charge in [0.25, 0.3) is 0 Å². The number of rotatable bonds is 8. The first-order valence-electron chi connectivity index (χ1n) is 21.4. The van der Waals surface area contributed by atoms with Crippen molar-refractivity contribution in [2.45, 2.75) is 96.7 Å². The minimum atomic E-state index is -0.736. The molecule has 54 heavy (non-hydrogen) atoms. The molecule has 7 unspecified atom stereocenters. The number of ether oxygens (including phenoxy) is 1. The molecule has 2 bridgehead atoms. The Hall–Kier alpha value is -4.08.